The van der Waals surface area contributed by atoms with Crippen LogP contribution in [0.25, 0.3) is 21.1 Å². The minimum atomic E-state index is -0.890. The normalized spacial score (nSPS) is 12.4. The Morgan fingerprint density at radius 1 is 0.967 bits per heavy atom. The van der Waals surface area contributed by atoms with Gasteiger partial charge in [-0.15, -0.1) is 10.2 Å². The van der Waals surface area contributed by atoms with Gasteiger partial charge >= 0.3 is 0 Å². The lowest BCUT2D eigenvalue weighted by molar-refractivity contribution is 0.0532. The molecule has 0 bridgehead atoms. The monoisotopic (exact) mass is 427 g/mol. The first-order valence-corrected chi connectivity index (χ1v) is 10.9. The Kier molecular flexibility index (Phi) is 7.18. The lowest BCUT2D eigenvalue weighted by atomic mass is 10.1. The average Bonchev–Trinajstić information content (AvgIpc) is 3.16. The number of aryl methyl sites for hydroxylation is 3. The van der Waals surface area contributed by atoms with Gasteiger partial charge in [-0.3, -0.25) is 4.98 Å². The summed E-state index contributed by atoms with van der Waals surface area (Å²) in [5.41, 5.74) is 6.00. The second-order valence-corrected chi connectivity index (χ2v) is 9.06. The predicted octanol–water partition coefficient (Wildman–Crippen LogP) is 4.12. The van der Waals surface area contributed by atoms with Crippen LogP contribution in [0.15, 0.2) is 24.3 Å². The number of nitrogens with zero attached hydrogens (tertiary/aromatic N) is 3. The third kappa shape index (κ3) is 5.41. The van der Waals surface area contributed by atoms with E-state index in [1.54, 1.807) is 11.3 Å². The largest absolute Gasteiger partial charge is 0.490 e. The maximum Gasteiger partial charge on any atom is 0.148 e. The van der Waals surface area contributed by atoms with Crippen molar-refractivity contribution in [3.05, 3.63) is 46.8 Å². The van der Waals surface area contributed by atoms with Crippen molar-refractivity contribution in [2.45, 2.75) is 47.1 Å². The van der Waals surface area contributed by atoms with Crippen molar-refractivity contribution in [1.82, 2.24) is 15.2 Å². The molecule has 0 amide bonds. The summed E-state index contributed by atoms with van der Waals surface area (Å²) in [5.74, 6) is 1.27. The minimum Gasteiger partial charge on any atom is -0.490 e. The van der Waals surface area contributed by atoms with Crippen LogP contribution < -0.4 is 4.74 Å². The van der Waals surface area contributed by atoms with E-state index in [4.69, 9.17) is 9.84 Å². The molecule has 1 atom stereocenters. The van der Waals surface area contributed by atoms with Gasteiger partial charge < -0.3 is 14.9 Å². The van der Waals surface area contributed by atoms with Gasteiger partial charge in [0.2, 0.25) is 0 Å². The summed E-state index contributed by atoms with van der Waals surface area (Å²) in [4.78, 5) is 4.64. The van der Waals surface area contributed by atoms with Crippen molar-refractivity contribution in [3.8, 4) is 26.9 Å². The van der Waals surface area contributed by atoms with Crippen molar-refractivity contribution in [1.29, 1.82) is 0 Å². The molecule has 0 spiro atoms. The van der Waals surface area contributed by atoms with E-state index < -0.39 is 6.10 Å². The van der Waals surface area contributed by atoms with Gasteiger partial charge in [-0.25, -0.2) is 0 Å². The van der Waals surface area contributed by atoms with Crippen LogP contribution in [0.5, 0.6) is 5.75 Å². The zero-order valence-corrected chi connectivity index (χ0v) is 19.0. The number of aliphatic hydroxyl groups is 2. The van der Waals surface area contributed by atoms with Crippen molar-refractivity contribution in [2.24, 2.45) is 5.92 Å². The molecule has 0 unspecified atom stereocenters. The Balaban J connectivity index is 1.87. The highest BCUT2D eigenvalue weighted by atomic mass is 32.1. The standard InChI is InChI=1S/C23H29N3O3S/c1-13(2)6-19-10-18(9-16(5)24-19)23-26-25-22(30-23)17-7-14(3)21(15(4)8-17)29-12-20(28)11-27/h7-10,13,20,27-28H,6,11-12H2,1-5H3/t20-/m0/s1. The molecule has 7 heteroatoms. The number of hydrogen-bond acceptors (Lipinski definition) is 7. The van der Waals surface area contributed by atoms with Crippen LogP contribution in [0, 0.1) is 26.7 Å². The quantitative estimate of drug-likeness (QED) is 0.562. The second-order valence-electron chi connectivity index (χ2n) is 8.09. The van der Waals surface area contributed by atoms with E-state index in [1.807, 2.05) is 39.0 Å². The SMILES string of the molecule is Cc1cc(-c2nnc(-c3cc(C)c(OC[C@@H](O)CO)c(C)c3)s2)cc(CC(C)C)n1. The zero-order chi connectivity index (χ0) is 21.8. The van der Waals surface area contributed by atoms with Gasteiger partial charge in [-0.2, -0.15) is 0 Å². The van der Waals surface area contributed by atoms with Crippen molar-refractivity contribution < 1.29 is 14.9 Å². The molecule has 0 fully saturated rings. The van der Waals surface area contributed by atoms with Crippen LogP contribution >= 0.6 is 11.3 Å². The minimum absolute atomic E-state index is 0.0561. The molecule has 0 radical (unpaired) electrons. The van der Waals surface area contributed by atoms with Gasteiger partial charge in [0.1, 0.15) is 28.5 Å². The highest BCUT2D eigenvalue weighted by molar-refractivity contribution is 7.17. The Labute approximate surface area is 181 Å². The Bertz CT molecular complexity index is 994. The molecule has 3 rings (SSSR count). The number of ether oxygens (including phenoxy) is 1. The number of rotatable bonds is 8. The van der Waals surface area contributed by atoms with Gasteiger partial charge in [0.25, 0.3) is 0 Å². The zero-order valence-electron chi connectivity index (χ0n) is 18.1. The molecular formula is C23H29N3O3S. The van der Waals surface area contributed by atoms with Crippen molar-refractivity contribution in [2.75, 3.05) is 13.2 Å². The molecule has 6 nitrogen and oxygen atoms in total. The fourth-order valence-corrected chi connectivity index (χ4v) is 4.19. The highest BCUT2D eigenvalue weighted by Gasteiger charge is 2.15. The fourth-order valence-electron chi connectivity index (χ4n) is 3.37. The van der Waals surface area contributed by atoms with E-state index in [-0.39, 0.29) is 13.2 Å². The molecule has 2 aromatic heterocycles. The molecule has 3 aromatic rings. The lowest BCUT2D eigenvalue weighted by Gasteiger charge is -2.15. The maximum absolute atomic E-state index is 9.54. The molecule has 0 saturated carbocycles. The smallest absolute Gasteiger partial charge is 0.148 e. The third-order valence-corrected chi connectivity index (χ3v) is 5.66. The summed E-state index contributed by atoms with van der Waals surface area (Å²) in [6.07, 6.45) is 0.0455. The van der Waals surface area contributed by atoms with Crippen molar-refractivity contribution >= 4 is 11.3 Å². The molecule has 0 aliphatic heterocycles. The Morgan fingerprint density at radius 3 is 2.13 bits per heavy atom. The van der Waals surface area contributed by atoms with E-state index in [2.05, 4.69) is 35.1 Å². The van der Waals surface area contributed by atoms with Gasteiger partial charge in [-0.05, 0) is 68.5 Å². The first kappa shape index (κ1) is 22.3. The van der Waals surface area contributed by atoms with Crippen LogP contribution in [-0.2, 0) is 6.42 Å². The molecule has 0 saturated heterocycles. The summed E-state index contributed by atoms with van der Waals surface area (Å²) >= 11 is 1.56. The topological polar surface area (TPSA) is 88.4 Å². The first-order chi connectivity index (χ1) is 14.3. The van der Waals surface area contributed by atoms with Crippen LogP contribution in [0.2, 0.25) is 0 Å². The highest BCUT2D eigenvalue weighted by Crippen LogP contribution is 2.34. The first-order valence-electron chi connectivity index (χ1n) is 10.1. The fraction of sp³-hybridized carbons (Fsp3) is 0.435. The van der Waals surface area contributed by atoms with Gasteiger partial charge in [0.05, 0.1) is 6.61 Å². The van der Waals surface area contributed by atoms with E-state index in [0.29, 0.717) is 5.92 Å². The Morgan fingerprint density at radius 2 is 1.57 bits per heavy atom. The van der Waals surface area contributed by atoms with Crippen LogP contribution in [-0.4, -0.2) is 44.7 Å². The summed E-state index contributed by atoms with van der Waals surface area (Å²) in [5, 5.41) is 29.1. The molecule has 2 N–H and O–H groups in total. The number of aromatic nitrogens is 3. The van der Waals surface area contributed by atoms with Crippen LogP contribution in [0.1, 0.15) is 36.4 Å². The predicted molar refractivity (Wildman–Crippen MR) is 120 cm³/mol. The van der Waals surface area contributed by atoms with E-state index in [9.17, 15) is 5.11 Å². The lowest BCUT2D eigenvalue weighted by Crippen LogP contribution is -2.21. The number of pyridine rings is 1. The molecule has 2 heterocycles. The molecule has 160 valence electrons. The maximum atomic E-state index is 9.54. The van der Waals surface area contributed by atoms with Gasteiger partial charge in [-0.1, -0.05) is 25.2 Å². The second kappa shape index (κ2) is 9.64. The molecule has 0 aliphatic rings. The Hall–Kier alpha value is -2.35. The number of aliphatic hydroxyl groups excluding tert-OH is 2. The number of hydrogen-bond donors (Lipinski definition) is 2. The molecule has 0 aliphatic carbocycles. The molecule has 30 heavy (non-hydrogen) atoms. The summed E-state index contributed by atoms with van der Waals surface area (Å²) in [6, 6.07) is 8.19. The van der Waals surface area contributed by atoms with E-state index >= 15 is 0 Å². The number of benzene rings is 1. The van der Waals surface area contributed by atoms with E-state index in [0.717, 1.165) is 55.8 Å². The molecule has 1 aromatic carbocycles. The summed E-state index contributed by atoms with van der Waals surface area (Å²) < 4.78 is 5.69. The summed E-state index contributed by atoms with van der Waals surface area (Å²) in [7, 11) is 0. The van der Waals surface area contributed by atoms with Gasteiger partial charge in [0, 0.05) is 22.5 Å². The third-order valence-electron chi connectivity index (χ3n) is 4.63. The van der Waals surface area contributed by atoms with Crippen molar-refractivity contribution in [3.63, 3.8) is 0 Å². The van der Waals surface area contributed by atoms with Crippen LogP contribution in [0.4, 0.5) is 0 Å². The molecular weight excluding hydrogens is 398 g/mol. The average molecular weight is 428 g/mol. The van der Waals surface area contributed by atoms with Gasteiger partial charge in [0.15, 0.2) is 0 Å². The summed E-state index contributed by atoms with van der Waals surface area (Å²) in [6.45, 7) is 10.0. The van der Waals surface area contributed by atoms with E-state index in [1.165, 1.54) is 0 Å². The van der Waals surface area contributed by atoms with Crippen LogP contribution in [0.3, 0.4) is 0 Å².